The van der Waals surface area contributed by atoms with E-state index >= 15 is 0 Å². The Morgan fingerprint density at radius 3 is 2.53 bits per heavy atom. The van der Waals surface area contributed by atoms with E-state index in [-0.39, 0.29) is 5.69 Å². The molecule has 1 aliphatic rings. The number of para-hydroxylation sites is 2. The molecule has 0 aromatic heterocycles. The number of benzene rings is 2. The molecule has 0 saturated heterocycles. The number of anilines is 2. The van der Waals surface area contributed by atoms with Crippen LogP contribution in [0, 0.1) is 4.91 Å². The minimum Gasteiger partial charge on any atom is -0.414 e. The second-order valence-corrected chi connectivity index (χ2v) is 5.70. The first-order chi connectivity index (χ1) is 9.20. The zero-order chi connectivity index (χ0) is 13.3. The fourth-order valence-corrected chi connectivity index (χ4v) is 3.43. The minimum atomic E-state index is -3.31. The third kappa shape index (κ3) is 2.18. The van der Waals surface area contributed by atoms with E-state index in [0.29, 0.717) is 17.1 Å². The van der Waals surface area contributed by atoms with E-state index in [1.807, 2.05) is 6.07 Å². The van der Waals surface area contributed by atoms with E-state index in [4.69, 9.17) is 4.52 Å². The van der Waals surface area contributed by atoms with Crippen molar-refractivity contribution in [2.45, 2.75) is 0 Å². The number of hydrogen-bond donors (Lipinski definition) is 2. The van der Waals surface area contributed by atoms with Gasteiger partial charge in [0.05, 0.1) is 11.4 Å². The maximum Gasteiger partial charge on any atom is 0.444 e. The van der Waals surface area contributed by atoms with E-state index < -0.39 is 7.67 Å². The molecule has 7 heteroatoms. The molecule has 0 bridgehead atoms. The quantitative estimate of drug-likeness (QED) is 0.650. The second-order valence-electron chi connectivity index (χ2n) is 3.97. The van der Waals surface area contributed by atoms with Crippen LogP contribution < -0.4 is 14.7 Å². The molecule has 0 saturated carbocycles. The van der Waals surface area contributed by atoms with Crippen molar-refractivity contribution < 1.29 is 9.09 Å². The monoisotopic (exact) mass is 275 g/mol. The van der Waals surface area contributed by atoms with Gasteiger partial charge in [-0.25, -0.2) is 4.57 Å². The first kappa shape index (κ1) is 11.7. The zero-order valence-corrected chi connectivity index (χ0v) is 10.6. The Morgan fingerprint density at radius 1 is 1.00 bits per heavy atom. The summed E-state index contributed by atoms with van der Waals surface area (Å²) < 4.78 is 18.0. The largest absolute Gasteiger partial charge is 0.444 e. The third-order valence-electron chi connectivity index (χ3n) is 2.64. The van der Waals surface area contributed by atoms with Crippen LogP contribution in [0.25, 0.3) is 0 Å². The van der Waals surface area contributed by atoms with Crippen molar-refractivity contribution in [3.05, 3.63) is 53.4 Å². The van der Waals surface area contributed by atoms with Crippen molar-refractivity contribution >= 4 is 24.7 Å². The number of nitrogens with one attached hydrogen (secondary N) is 2. The number of nitrogens with zero attached hydrogens (tertiary/aromatic N) is 1. The van der Waals surface area contributed by atoms with Crippen molar-refractivity contribution in [2.24, 2.45) is 5.18 Å². The fraction of sp³-hybridized carbons (Fsp3) is 0. The molecular formula is C12H10N3O3P. The van der Waals surface area contributed by atoms with Gasteiger partial charge in [-0.2, -0.15) is 0 Å². The Hall–Kier alpha value is -2.33. The lowest BCUT2D eigenvalue weighted by Crippen LogP contribution is -2.03. The van der Waals surface area contributed by atoms with Gasteiger partial charge in [0.25, 0.3) is 0 Å². The van der Waals surface area contributed by atoms with Crippen LogP contribution >= 0.6 is 7.67 Å². The molecule has 0 aliphatic carbocycles. The first-order valence-electron chi connectivity index (χ1n) is 5.58. The number of nitroso groups, excluding NO2 is 1. The van der Waals surface area contributed by atoms with Crippen LogP contribution in [0.2, 0.25) is 0 Å². The maximum absolute atomic E-state index is 12.5. The smallest absolute Gasteiger partial charge is 0.414 e. The van der Waals surface area contributed by atoms with Gasteiger partial charge < -0.3 is 4.52 Å². The van der Waals surface area contributed by atoms with Crippen LogP contribution in [0.3, 0.4) is 0 Å². The lowest BCUT2D eigenvalue weighted by molar-refractivity contribution is 0.494. The normalized spacial score (nSPS) is 20.0. The maximum atomic E-state index is 12.5. The second kappa shape index (κ2) is 4.40. The average Bonchev–Trinajstić information content (AvgIpc) is 2.75. The van der Waals surface area contributed by atoms with Gasteiger partial charge in [0, 0.05) is 0 Å². The van der Waals surface area contributed by atoms with E-state index in [9.17, 15) is 9.47 Å². The van der Waals surface area contributed by atoms with Crippen molar-refractivity contribution in [3.63, 3.8) is 0 Å². The Labute approximate surface area is 109 Å². The fourth-order valence-electron chi connectivity index (χ4n) is 1.84. The predicted octanol–water partition coefficient (Wildman–Crippen LogP) is 4.11. The van der Waals surface area contributed by atoms with E-state index in [1.54, 1.807) is 42.5 Å². The van der Waals surface area contributed by atoms with E-state index in [1.165, 1.54) is 0 Å². The topological polar surface area (TPSA) is 79.8 Å². The lowest BCUT2D eigenvalue weighted by atomic mass is 10.2. The van der Waals surface area contributed by atoms with Gasteiger partial charge in [-0.05, 0) is 29.4 Å². The molecule has 1 aliphatic heterocycles. The van der Waals surface area contributed by atoms with Crippen molar-refractivity contribution in [1.82, 2.24) is 0 Å². The number of rotatable bonds is 3. The van der Waals surface area contributed by atoms with Crippen molar-refractivity contribution in [1.29, 1.82) is 0 Å². The molecule has 0 spiro atoms. The molecule has 2 N–H and O–H groups in total. The van der Waals surface area contributed by atoms with Crippen molar-refractivity contribution in [3.8, 4) is 5.75 Å². The molecule has 1 unspecified atom stereocenters. The van der Waals surface area contributed by atoms with Crippen LogP contribution in [0.4, 0.5) is 17.1 Å². The highest BCUT2D eigenvalue weighted by Gasteiger charge is 2.35. The highest BCUT2D eigenvalue weighted by Crippen LogP contribution is 2.57. The molecule has 6 nitrogen and oxygen atoms in total. The summed E-state index contributed by atoms with van der Waals surface area (Å²) in [6, 6.07) is 13.7. The van der Waals surface area contributed by atoms with Crippen molar-refractivity contribution in [2.75, 3.05) is 10.2 Å². The van der Waals surface area contributed by atoms with E-state index in [0.717, 1.165) is 0 Å². The van der Waals surface area contributed by atoms with Crippen LogP contribution in [0.1, 0.15) is 0 Å². The number of fused-ring (bicyclic) bond motifs is 1. The molecule has 0 fully saturated rings. The molecule has 0 radical (unpaired) electrons. The predicted molar refractivity (Wildman–Crippen MR) is 73.8 cm³/mol. The van der Waals surface area contributed by atoms with Gasteiger partial charge in [0.1, 0.15) is 11.4 Å². The lowest BCUT2D eigenvalue weighted by Gasteiger charge is -2.14. The molecule has 1 heterocycles. The van der Waals surface area contributed by atoms with Crippen LogP contribution in [-0.2, 0) is 4.57 Å². The van der Waals surface area contributed by atoms with Crippen LogP contribution in [0.5, 0.6) is 5.75 Å². The third-order valence-corrected chi connectivity index (χ3v) is 4.17. The molecule has 0 amide bonds. The average molecular weight is 275 g/mol. The van der Waals surface area contributed by atoms with Gasteiger partial charge in [0.2, 0.25) is 0 Å². The molecule has 3 rings (SSSR count). The Morgan fingerprint density at radius 2 is 1.79 bits per heavy atom. The summed E-state index contributed by atoms with van der Waals surface area (Å²) in [5, 5.41) is 8.35. The summed E-state index contributed by atoms with van der Waals surface area (Å²) >= 11 is 0. The molecule has 2 aromatic rings. The van der Waals surface area contributed by atoms with Gasteiger partial charge in [-0.15, -0.1) is 4.91 Å². The minimum absolute atomic E-state index is 0.194. The Kier molecular flexibility index (Phi) is 2.72. The van der Waals surface area contributed by atoms with Crippen LogP contribution in [-0.4, -0.2) is 0 Å². The van der Waals surface area contributed by atoms with Gasteiger partial charge in [-0.3, -0.25) is 10.2 Å². The molecular weight excluding hydrogens is 265 g/mol. The molecule has 2 aromatic carbocycles. The summed E-state index contributed by atoms with van der Waals surface area (Å²) in [7, 11) is -3.31. The van der Waals surface area contributed by atoms with Gasteiger partial charge in [0.15, 0.2) is 0 Å². The van der Waals surface area contributed by atoms with Gasteiger partial charge in [-0.1, -0.05) is 24.3 Å². The Bertz CT molecular complexity index is 675. The summed E-state index contributed by atoms with van der Waals surface area (Å²) in [5.74, 6) is 0.472. The molecule has 96 valence electrons. The number of hydrogen-bond acceptors (Lipinski definition) is 4. The standard InChI is InChI=1S/C12H10N3O3P/c16-13-10-7-4-8-11-12(10)15-19(17,14-11)18-9-5-2-1-3-6-9/h1-8H,(H2,14,15,17). The Balaban J connectivity index is 1.90. The molecule has 19 heavy (non-hydrogen) atoms. The summed E-state index contributed by atoms with van der Waals surface area (Å²) in [6.45, 7) is 0. The highest BCUT2D eigenvalue weighted by molar-refractivity contribution is 7.63. The SMILES string of the molecule is O=Nc1cccc2c1NP(=O)(Oc1ccccc1)N2. The summed E-state index contributed by atoms with van der Waals surface area (Å²) in [5.41, 5.74) is 1.13. The van der Waals surface area contributed by atoms with E-state index in [2.05, 4.69) is 15.4 Å². The zero-order valence-electron chi connectivity index (χ0n) is 9.74. The first-order valence-corrected chi connectivity index (χ1v) is 7.20. The summed E-state index contributed by atoms with van der Waals surface area (Å²) in [4.78, 5) is 10.7. The summed E-state index contributed by atoms with van der Waals surface area (Å²) in [6.07, 6.45) is 0. The van der Waals surface area contributed by atoms with Crippen LogP contribution in [0.15, 0.2) is 53.7 Å². The highest BCUT2D eigenvalue weighted by atomic mass is 31.2. The van der Waals surface area contributed by atoms with Gasteiger partial charge >= 0.3 is 7.67 Å². The molecule has 1 atom stereocenters.